The minimum Gasteiger partial charge on any atom is -0.385 e. The van der Waals surface area contributed by atoms with Gasteiger partial charge < -0.3 is 15.5 Å². The van der Waals surface area contributed by atoms with Crippen LogP contribution in [0.25, 0.3) is 0 Å². The molecule has 1 amide bonds. The van der Waals surface area contributed by atoms with Gasteiger partial charge in [-0.05, 0) is 48.4 Å². The molecule has 0 aliphatic heterocycles. The van der Waals surface area contributed by atoms with Gasteiger partial charge in [0.25, 0.3) is 0 Å². The van der Waals surface area contributed by atoms with Crippen LogP contribution in [0.15, 0.2) is 48.5 Å². The van der Waals surface area contributed by atoms with Crippen LogP contribution in [0.3, 0.4) is 0 Å². The zero-order valence-electron chi connectivity index (χ0n) is 14.1. The predicted octanol–water partition coefficient (Wildman–Crippen LogP) is 3.76. The molecule has 4 heteroatoms. The van der Waals surface area contributed by atoms with Crippen LogP contribution in [-0.4, -0.2) is 26.5 Å². The van der Waals surface area contributed by atoms with Crippen molar-refractivity contribution in [2.45, 2.75) is 19.8 Å². The van der Waals surface area contributed by atoms with Gasteiger partial charge in [0.1, 0.15) is 0 Å². The van der Waals surface area contributed by atoms with Crippen LogP contribution in [0.4, 0.5) is 17.1 Å². The Balaban J connectivity index is 1.75. The molecule has 0 saturated heterocycles. The van der Waals surface area contributed by atoms with Crippen molar-refractivity contribution in [3.05, 3.63) is 54.1 Å². The van der Waals surface area contributed by atoms with E-state index in [9.17, 15) is 4.79 Å². The highest BCUT2D eigenvalue weighted by atomic mass is 16.1. The smallest absolute Gasteiger partial charge is 0.226 e. The number of nitrogens with zero attached hydrogens (tertiary/aromatic N) is 1. The lowest BCUT2D eigenvalue weighted by Gasteiger charge is -2.13. The molecule has 0 saturated carbocycles. The summed E-state index contributed by atoms with van der Waals surface area (Å²) in [6.45, 7) is 2.73. The largest absolute Gasteiger partial charge is 0.385 e. The lowest BCUT2D eigenvalue weighted by molar-refractivity contribution is -0.115. The Labute approximate surface area is 138 Å². The fourth-order valence-corrected chi connectivity index (χ4v) is 2.25. The first kappa shape index (κ1) is 16.9. The van der Waals surface area contributed by atoms with Crippen LogP contribution in [0.1, 0.15) is 18.9 Å². The number of hydrogen-bond donors (Lipinski definition) is 2. The highest BCUT2D eigenvalue weighted by molar-refractivity contribution is 5.91. The van der Waals surface area contributed by atoms with Crippen molar-refractivity contribution in [2.75, 3.05) is 36.2 Å². The summed E-state index contributed by atoms with van der Waals surface area (Å²) >= 11 is 0. The molecule has 0 fully saturated rings. The Morgan fingerprint density at radius 3 is 2.13 bits per heavy atom. The molecule has 0 heterocycles. The maximum absolute atomic E-state index is 11.9. The molecule has 2 aromatic carbocycles. The van der Waals surface area contributed by atoms with Crippen LogP contribution in [0, 0.1) is 0 Å². The maximum Gasteiger partial charge on any atom is 0.226 e. The van der Waals surface area contributed by atoms with Crippen molar-refractivity contribution in [1.82, 2.24) is 0 Å². The van der Waals surface area contributed by atoms with Gasteiger partial charge in [0.15, 0.2) is 0 Å². The fraction of sp³-hybridized carbons (Fsp3) is 0.316. The van der Waals surface area contributed by atoms with Crippen LogP contribution < -0.4 is 15.5 Å². The summed E-state index contributed by atoms with van der Waals surface area (Å²) in [6, 6.07) is 16.1. The van der Waals surface area contributed by atoms with Crippen molar-refractivity contribution >= 4 is 23.0 Å². The maximum atomic E-state index is 11.9. The first-order valence-corrected chi connectivity index (χ1v) is 7.98. The standard InChI is InChI=1S/C19H25N3O/c1-4-15-5-7-17(8-6-15)21-19(23)13-14-20-16-9-11-18(12-10-16)22(2)3/h5-12,20H,4,13-14H2,1-3H3,(H,21,23). The summed E-state index contributed by atoms with van der Waals surface area (Å²) < 4.78 is 0. The van der Waals surface area contributed by atoms with E-state index in [1.807, 2.05) is 50.5 Å². The normalized spacial score (nSPS) is 10.2. The number of rotatable bonds is 7. The zero-order chi connectivity index (χ0) is 16.7. The average Bonchev–Trinajstić information content (AvgIpc) is 2.56. The second kappa shape index (κ2) is 8.22. The summed E-state index contributed by atoms with van der Waals surface area (Å²) in [5.41, 5.74) is 4.30. The molecule has 0 unspecified atom stereocenters. The Bertz CT molecular complexity index is 618. The van der Waals surface area contributed by atoms with E-state index in [0.717, 1.165) is 23.5 Å². The lowest BCUT2D eigenvalue weighted by atomic mass is 10.1. The van der Waals surface area contributed by atoms with Crippen molar-refractivity contribution in [3.8, 4) is 0 Å². The highest BCUT2D eigenvalue weighted by Crippen LogP contribution is 2.15. The van der Waals surface area contributed by atoms with E-state index in [-0.39, 0.29) is 5.91 Å². The molecule has 23 heavy (non-hydrogen) atoms. The molecule has 0 atom stereocenters. The molecule has 4 nitrogen and oxygen atoms in total. The molecule has 0 aliphatic carbocycles. The first-order valence-electron chi connectivity index (χ1n) is 7.98. The minimum atomic E-state index is 0.0201. The average molecular weight is 311 g/mol. The van der Waals surface area contributed by atoms with E-state index in [2.05, 4.69) is 34.6 Å². The van der Waals surface area contributed by atoms with Gasteiger partial charge in [-0.15, -0.1) is 0 Å². The highest BCUT2D eigenvalue weighted by Gasteiger charge is 2.02. The van der Waals surface area contributed by atoms with Gasteiger partial charge >= 0.3 is 0 Å². The number of carbonyl (C=O) groups is 1. The van der Waals surface area contributed by atoms with E-state index < -0.39 is 0 Å². The van der Waals surface area contributed by atoms with Gasteiger partial charge in [-0.2, -0.15) is 0 Å². The number of benzene rings is 2. The Hall–Kier alpha value is -2.49. The van der Waals surface area contributed by atoms with Gasteiger partial charge in [-0.1, -0.05) is 19.1 Å². The van der Waals surface area contributed by atoms with Crippen LogP contribution in [0.5, 0.6) is 0 Å². The van der Waals surface area contributed by atoms with Gasteiger partial charge in [0.05, 0.1) is 0 Å². The fourth-order valence-electron chi connectivity index (χ4n) is 2.25. The zero-order valence-corrected chi connectivity index (χ0v) is 14.1. The second-order valence-corrected chi connectivity index (χ2v) is 5.72. The molecule has 0 aromatic heterocycles. The van der Waals surface area contributed by atoms with E-state index in [4.69, 9.17) is 0 Å². The van der Waals surface area contributed by atoms with Crippen molar-refractivity contribution in [3.63, 3.8) is 0 Å². The van der Waals surface area contributed by atoms with E-state index >= 15 is 0 Å². The minimum absolute atomic E-state index is 0.0201. The quantitative estimate of drug-likeness (QED) is 0.818. The van der Waals surface area contributed by atoms with Gasteiger partial charge in [-0.3, -0.25) is 4.79 Å². The SMILES string of the molecule is CCc1ccc(NC(=O)CCNc2ccc(N(C)C)cc2)cc1. The second-order valence-electron chi connectivity index (χ2n) is 5.72. The third-order valence-electron chi connectivity index (χ3n) is 3.71. The number of carbonyl (C=O) groups excluding carboxylic acids is 1. The summed E-state index contributed by atoms with van der Waals surface area (Å²) in [5, 5.41) is 6.18. The summed E-state index contributed by atoms with van der Waals surface area (Å²) in [6.07, 6.45) is 1.44. The van der Waals surface area contributed by atoms with Gasteiger partial charge in [-0.25, -0.2) is 0 Å². The third-order valence-corrected chi connectivity index (χ3v) is 3.71. The number of amides is 1. The Kier molecular flexibility index (Phi) is 6.03. The lowest BCUT2D eigenvalue weighted by Crippen LogP contribution is -2.16. The molecule has 122 valence electrons. The molecule has 2 N–H and O–H groups in total. The van der Waals surface area contributed by atoms with Crippen molar-refractivity contribution in [2.24, 2.45) is 0 Å². The van der Waals surface area contributed by atoms with Crippen molar-refractivity contribution in [1.29, 1.82) is 0 Å². The van der Waals surface area contributed by atoms with E-state index in [1.54, 1.807) is 0 Å². The molecule has 2 aromatic rings. The molecular formula is C19H25N3O. The summed E-state index contributed by atoms with van der Waals surface area (Å²) in [7, 11) is 4.03. The first-order chi connectivity index (χ1) is 11.1. The van der Waals surface area contributed by atoms with Crippen molar-refractivity contribution < 1.29 is 4.79 Å². The van der Waals surface area contributed by atoms with E-state index in [1.165, 1.54) is 5.56 Å². The number of aryl methyl sites for hydroxylation is 1. The Morgan fingerprint density at radius 2 is 1.57 bits per heavy atom. The topological polar surface area (TPSA) is 44.4 Å². The van der Waals surface area contributed by atoms with Crippen LogP contribution >= 0.6 is 0 Å². The van der Waals surface area contributed by atoms with Gasteiger partial charge in [0.2, 0.25) is 5.91 Å². The molecule has 0 radical (unpaired) electrons. The van der Waals surface area contributed by atoms with Crippen LogP contribution in [-0.2, 0) is 11.2 Å². The summed E-state index contributed by atoms with van der Waals surface area (Å²) in [5.74, 6) is 0.0201. The number of nitrogens with one attached hydrogen (secondary N) is 2. The third kappa shape index (κ3) is 5.33. The molecule has 0 bridgehead atoms. The number of hydrogen-bond acceptors (Lipinski definition) is 3. The summed E-state index contributed by atoms with van der Waals surface area (Å²) in [4.78, 5) is 14.0. The molecule has 0 spiro atoms. The predicted molar refractivity (Wildman–Crippen MR) is 98.3 cm³/mol. The Morgan fingerprint density at radius 1 is 0.957 bits per heavy atom. The molecule has 0 aliphatic rings. The molecular weight excluding hydrogens is 286 g/mol. The van der Waals surface area contributed by atoms with Gasteiger partial charge in [0, 0.05) is 44.1 Å². The van der Waals surface area contributed by atoms with Crippen LogP contribution in [0.2, 0.25) is 0 Å². The molecule has 2 rings (SSSR count). The number of anilines is 3. The van der Waals surface area contributed by atoms with E-state index in [0.29, 0.717) is 13.0 Å². The monoisotopic (exact) mass is 311 g/mol.